The number of fused-ring (bicyclic) bond motifs is 1. The van der Waals surface area contributed by atoms with Gasteiger partial charge in [0.05, 0.1) is 17.3 Å². The monoisotopic (exact) mass is 547 g/mol. The Morgan fingerprint density at radius 1 is 1.00 bits per heavy atom. The number of nitrogens with zero attached hydrogens (tertiary/aromatic N) is 1. The first-order valence-electron chi connectivity index (χ1n) is 12.3. The van der Waals surface area contributed by atoms with Gasteiger partial charge in [0.2, 0.25) is 5.91 Å². The van der Waals surface area contributed by atoms with E-state index in [1.54, 1.807) is 24.3 Å². The topological polar surface area (TPSA) is 63.7 Å². The zero-order chi connectivity index (χ0) is 24.0. The van der Waals surface area contributed by atoms with Crippen LogP contribution in [-0.4, -0.2) is 48.5 Å². The molecule has 0 aliphatic carbocycles. The standard InChI is InChI=1S/C27H34BrNO4S/c28-25(17-18-33-20-21-8-3-1-4-9-21)24-15-13-22-14-16-27(30)29(22)26(24)12-7-19-34(31,32)23-10-5-2-6-11-23/h1-6,8-11,22,24-26H,7,12-20H2/t22-,24-,25+,26+/m0/s1. The molecule has 184 valence electrons. The largest absolute Gasteiger partial charge is 0.377 e. The molecule has 0 radical (unpaired) electrons. The van der Waals surface area contributed by atoms with Crippen LogP contribution in [0.2, 0.25) is 0 Å². The van der Waals surface area contributed by atoms with Gasteiger partial charge in [0.1, 0.15) is 0 Å². The zero-order valence-electron chi connectivity index (χ0n) is 19.5. The maximum Gasteiger partial charge on any atom is 0.223 e. The first-order chi connectivity index (χ1) is 16.5. The highest BCUT2D eigenvalue weighted by Gasteiger charge is 2.44. The van der Waals surface area contributed by atoms with Crippen molar-refractivity contribution in [2.45, 2.75) is 73.4 Å². The third-order valence-electron chi connectivity index (χ3n) is 7.19. The van der Waals surface area contributed by atoms with E-state index in [9.17, 15) is 13.2 Å². The number of carbonyl (C=O) groups excluding carboxylic acids is 1. The Labute approximate surface area is 211 Å². The lowest BCUT2D eigenvalue weighted by molar-refractivity contribution is -0.134. The molecule has 1 amide bonds. The van der Waals surface area contributed by atoms with Crippen molar-refractivity contribution in [1.29, 1.82) is 0 Å². The highest BCUT2D eigenvalue weighted by molar-refractivity contribution is 9.09. The first-order valence-corrected chi connectivity index (χ1v) is 14.9. The van der Waals surface area contributed by atoms with Crippen LogP contribution in [0.3, 0.4) is 0 Å². The van der Waals surface area contributed by atoms with E-state index in [0.29, 0.717) is 49.3 Å². The molecule has 0 spiro atoms. The van der Waals surface area contributed by atoms with E-state index in [2.05, 4.69) is 33.0 Å². The van der Waals surface area contributed by atoms with E-state index in [-0.39, 0.29) is 22.5 Å². The lowest BCUT2D eigenvalue weighted by Gasteiger charge is -2.45. The predicted octanol–water partition coefficient (Wildman–Crippen LogP) is 5.38. The molecule has 2 saturated heterocycles. The Morgan fingerprint density at radius 3 is 2.44 bits per heavy atom. The van der Waals surface area contributed by atoms with Gasteiger partial charge in [0.25, 0.3) is 0 Å². The number of rotatable bonds is 11. The van der Waals surface area contributed by atoms with Crippen LogP contribution in [-0.2, 0) is 26.0 Å². The van der Waals surface area contributed by atoms with E-state index >= 15 is 0 Å². The second-order valence-electron chi connectivity index (χ2n) is 9.42. The summed E-state index contributed by atoms with van der Waals surface area (Å²) in [5.74, 6) is 0.642. The number of hydrogen-bond acceptors (Lipinski definition) is 4. The van der Waals surface area contributed by atoms with Gasteiger partial charge in [-0.2, -0.15) is 0 Å². The third kappa shape index (κ3) is 6.29. The molecule has 2 aliphatic heterocycles. The lowest BCUT2D eigenvalue weighted by Crippen LogP contribution is -2.52. The fourth-order valence-corrected chi connectivity index (χ4v) is 7.62. The molecule has 2 aliphatic rings. The molecular weight excluding hydrogens is 514 g/mol. The summed E-state index contributed by atoms with van der Waals surface area (Å²) in [4.78, 5) is 15.5. The van der Waals surface area contributed by atoms with Gasteiger partial charge in [-0.1, -0.05) is 64.5 Å². The van der Waals surface area contributed by atoms with Crippen LogP contribution < -0.4 is 0 Å². The number of amides is 1. The number of piperidine rings is 1. The Bertz CT molecular complexity index is 1030. The summed E-state index contributed by atoms with van der Waals surface area (Å²) in [5.41, 5.74) is 1.16. The van der Waals surface area contributed by atoms with Gasteiger partial charge in [0.15, 0.2) is 9.84 Å². The Balaban J connectivity index is 1.35. The molecule has 7 heteroatoms. The second-order valence-corrected chi connectivity index (χ2v) is 12.7. The summed E-state index contributed by atoms with van der Waals surface area (Å²) in [6.07, 6.45) is 5.76. The van der Waals surface area contributed by atoms with Gasteiger partial charge in [-0.25, -0.2) is 8.42 Å². The smallest absolute Gasteiger partial charge is 0.223 e. The molecule has 2 fully saturated rings. The predicted molar refractivity (Wildman–Crippen MR) is 138 cm³/mol. The van der Waals surface area contributed by atoms with Crippen LogP contribution in [0.1, 0.15) is 50.5 Å². The normalized spacial score (nSPS) is 23.6. The third-order valence-corrected chi connectivity index (χ3v) is 10.1. The van der Waals surface area contributed by atoms with Crippen molar-refractivity contribution in [3.8, 4) is 0 Å². The van der Waals surface area contributed by atoms with Crippen LogP contribution in [0.4, 0.5) is 0 Å². The van der Waals surface area contributed by atoms with E-state index in [0.717, 1.165) is 31.2 Å². The van der Waals surface area contributed by atoms with Crippen molar-refractivity contribution in [3.63, 3.8) is 0 Å². The van der Waals surface area contributed by atoms with Gasteiger partial charge in [0, 0.05) is 29.9 Å². The quantitative estimate of drug-likeness (QED) is 0.280. The molecular formula is C27H34BrNO4S. The Hall–Kier alpha value is -1.70. The maximum atomic E-state index is 12.8. The lowest BCUT2D eigenvalue weighted by atomic mass is 9.81. The summed E-state index contributed by atoms with van der Waals surface area (Å²) < 4.78 is 31.4. The minimum Gasteiger partial charge on any atom is -0.377 e. The summed E-state index contributed by atoms with van der Waals surface area (Å²) >= 11 is 3.92. The van der Waals surface area contributed by atoms with Gasteiger partial charge in [-0.3, -0.25) is 4.79 Å². The molecule has 0 bridgehead atoms. The van der Waals surface area contributed by atoms with Crippen LogP contribution >= 0.6 is 15.9 Å². The number of alkyl halides is 1. The van der Waals surface area contributed by atoms with Crippen molar-refractivity contribution >= 4 is 31.7 Å². The first kappa shape index (κ1) is 25.4. The number of hydrogen-bond donors (Lipinski definition) is 0. The average Bonchev–Trinajstić information content (AvgIpc) is 3.24. The van der Waals surface area contributed by atoms with Crippen LogP contribution in [0, 0.1) is 5.92 Å². The van der Waals surface area contributed by atoms with Crippen LogP contribution in [0.15, 0.2) is 65.6 Å². The summed E-state index contributed by atoms with van der Waals surface area (Å²) in [5, 5.41) is 0. The molecule has 4 atom stereocenters. The molecule has 0 saturated carbocycles. The van der Waals surface area contributed by atoms with Gasteiger partial charge in [-0.15, -0.1) is 0 Å². The van der Waals surface area contributed by atoms with Crippen molar-refractivity contribution in [2.24, 2.45) is 5.92 Å². The number of halogens is 1. The van der Waals surface area contributed by atoms with Crippen LogP contribution in [0.25, 0.3) is 0 Å². The Morgan fingerprint density at radius 2 is 1.71 bits per heavy atom. The highest BCUT2D eigenvalue weighted by Crippen LogP contribution is 2.41. The van der Waals surface area contributed by atoms with E-state index in [1.807, 2.05) is 24.3 Å². The van der Waals surface area contributed by atoms with E-state index in [4.69, 9.17) is 4.74 Å². The SMILES string of the molecule is O=C1CC[C@@H]2CC[C@@H]([C@H](Br)CCOCc3ccccc3)[C@@H](CCCS(=O)(=O)c3ccccc3)N12. The molecule has 4 rings (SSSR count). The van der Waals surface area contributed by atoms with Gasteiger partial charge in [-0.05, 0) is 62.1 Å². The number of benzene rings is 2. The molecule has 2 aromatic carbocycles. The van der Waals surface area contributed by atoms with Gasteiger partial charge >= 0.3 is 0 Å². The van der Waals surface area contributed by atoms with E-state index < -0.39 is 9.84 Å². The fourth-order valence-electron chi connectivity index (χ4n) is 5.46. The van der Waals surface area contributed by atoms with E-state index in [1.165, 1.54) is 0 Å². The number of carbonyl (C=O) groups is 1. The fraction of sp³-hybridized carbons (Fsp3) is 0.519. The minimum atomic E-state index is -3.31. The average molecular weight is 549 g/mol. The molecule has 0 unspecified atom stereocenters. The summed E-state index contributed by atoms with van der Waals surface area (Å²) in [7, 11) is -3.31. The second kappa shape index (κ2) is 11.8. The molecule has 2 heterocycles. The van der Waals surface area contributed by atoms with Crippen molar-refractivity contribution in [3.05, 3.63) is 66.2 Å². The maximum absolute atomic E-state index is 12.8. The minimum absolute atomic E-state index is 0.0817. The van der Waals surface area contributed by atoms with Crippen molar-refractivity contribution in [1.82, 2.24) is 4.90 Å². The van der Waals surface area contributed by atoms with Crippen molar-refractivity contribution < 1.29 is 17.9 Å². The Kier molecular flexibility index (Phi) is 8.83. The van der Waals surface area contributed by atoms with Crippen molar-refractivity contribution in [2.75, 3.05) is 12.4 Å². The van der Waals surface area contributed by atoms with Gasteiger partial charge < -0.3 is 9.64 Å². The molecule has 2 aromatic rings. The summed E-state index contributed by atoms with van der Waals surface area (Å²) in [6, 6.07) is 19.2. The molecule has 0 aromatic heterocycles. The number of ether oxygens (including phenoxy) is 1. The zero-order valence-corrected chi connectivity index (χ0v) is 21.9. The highest BCUT2D eigenvalue weighted by atomic mass is 79.9. The number of sulfone groups is 1. The molecule has 34 heavy (non-hydrogen) atoms. The molecule has 5 nitrogen and oxygen atoms in total. The van der Waals surface area contributed by atoms with Crippen LogP contribution in [0.5, 0.6) is 0 Å². The summed E-state index contributed by atoms with van der Waals surface area (Å²) in [6.45, 7) is 1.24. The molecule has 0 N–H and O–H groups in total.